The van der Waals surface area contributed by atoms with E-state index in [1.807, 2.05) is 12.1 Å². The SMILES string of the molecule is CCCCCCCCCCCCCCOc1cccc(C(=O)OCCOC(=O)CCCC=CC[C@@H]2[C@@H](C=CC[C@H](O)C3(CC)CCC3)[C@H](O)C[C@H]2Cl)c1. The standard InChI is InChI=1S/C45H71ClO7/c1-3-5-6-7-8-9-10-11-12-13-16-19-31-51-37-24-20-23-36(34-37)44(50)53-33-32-52-43(49)28-18-15-14-17-25-38-39(41(47)35-40(38)46)26-21-27-42(48)45(4-2)29-22-30-45/h14,17,20-21,23-24,26,34,38-42,47-48H,3-13,15-16,18-19,22,25,27-33,35H2,1-2H3/t38-,39-,40-,41-,42+/m1/s1. The predicted molar refractivity (Wildman–Crippen MR) is 215 cm³/mol. The molecule has 2 aliphatic rings. The molecule has 0 heterocycles. The van der Waals surface area contributed by atoms with E-state index in [9.17, 15) is 19.8 Å². The fourth-order valence-corrected chi connectivity index (χ4v) is 8.31. The van der Waals surface area contributed by atoms with Crippen LogP contribution >= 0.6 is 11.6 Å². The molecule has 0 amide bonds. The predicted octanol–water partition coefficient (Wildman–Crippen LogP) is 11.1. The zero-order valence-corrected chi connectivity index (χ0v) is 33.8. The summed E-state index contributed by atoms with van der Waals surface area (Å²) < 4.78 is 16.5. The van der Waals surface area contributed by atoms with Gasteiger partial charge in [0.2, 0.25) is 0 Å². The Morgan fingerprint density at radius 2 is 1.57 bits per heavy atom. The molecule has 0 spiro atoms. The fraction of sp³-hybridized carbons (Fsp3) is 0.733. The second kappa shape index (κ2) is 26.5. The first-order valence-corrected chi connectivity index (χ1v) is 21.6. The van der Waals surface area contributed by atoms with Crippen LogP contribution in [0.4, 0.5) is 0 Å². The molecule has 2 aliphatic carbocycles. The lowest BCUT2D eigenvalue weighted by Gasteiger charge is -2.45. The number of aliphatic hydroxyl groups is 2. The molecule has 0 unspecified atom stereocenters. The lowest BCUT2D eigenvalue weighted by atomic mass is 9.63. The molecule has 1 aromatic rings. The van der Waals surface area contributed by atoms with Crippen LogP contribution in [0.1, 0.15) is 165 Å². The summed E-state index contributed by atoms with van der Waals surface area (Å²) in [6.07, 6.45) is 31.0. The van der Waals surface area contributed by atoms with Gasteiger partial charge in [0, 0.05) is 17.7 Å². The van der Waals surface area contributed by atoms with E-state index in [4.69, 9.17) is 25.8 Å². The second-order valence-electron chi connectivity index (χ2n) is 15.5. The number of ether oxygens (including phenoxy) is 3. The molecule has 7 nitrogen and oxygen atoms in total. The van der Waals surface area contributed by atoms with Crippen LogP contribution in [0.15, 0.2) is 48.6 Å². The van der Waals surface area contributed by atoms with Gasteiger partial charge in [0.1, 0.15) is 19.0 Å². The lowest BCUT2D eigenvalue weighted by Crippen LogP contribution is -2.40. The van der Waals surface area contributed by atoms with E-state index in [0.717, 1.165) is 44.9 Å². The number of aliphatic hydroxyl groups excluding tert-OH is 2. The highest BCUT2D eigenvalue weighted by molar-refractivity contribution is 6.21. The maximum Gasteiger partial charge on any atom is 0.338 e. The van der Waals surface area contributed by atoms with E-state index < -0.39 is 12.1 Å². The van der Waals surface area contributed by atoms with Gasteiger partial charge in [-0.3, -0.25) is 4.79 Å². The van der Waals surface area contributed by atoms with Crippen LogP contribution in [-0.4, -0.2) is 59.6 Å². The number of hydrogen-bond acceptors (Lipinski definition) is 7. The third kappa shape index (κ3) is 16.9. The molecular formula is C45H71ClO7. The molecule has 0 bridgehead atoms. The van der Waals surface area contributed by atoms with Gasteiger partial charge in [-0.15, -0.1) is 11.6 Å². The van der Waals surface area contributed by atoms with Crippen LogP contribution in [0.5, 0.6) is 5.75 Å². The van der Waals surface area contributed by atoms with Crippen molar-refractivity contribution < 1.29 is 34.0 Å². The Bertz CT molecular complexity index is 1210. The van der Waals surface area contributed by atoms with Gasteiger partial charge in [0.15, 0.2) is 0 Å². The van der Waals surface area contributed by atoms with Crippen molar-refractivity contribution in [1.82, 2.24) is 0 Å². The average Bonchev–Trinajstić information content (AvgIpc) is 3.40. The minimum Gasteiger partial charge on any atom is -0.494 e. The van der Waals surface area contributed by atoms with E-state index in [1.165, 1.54) is 70.6 Å². The van der Waals surface area contributed by atoms with Crippen molar-refractivity contribution in [3.05, 3.63) is 54.1 Å². The smallest absolute Gasteiger partial charge is 0.338 e. The number of unbranched alkanes of at least 4 members (excludes halogenated alkanes) is 12. The molecule has 3 rings (SSSR count). The average molecular weight is 760 g/mol. The molecule has 2 N–H and O–H groups in total. The maximum atomic E-state index is 12.5. The normalized spacial score (nSPS) is 21.5. The van der Waals surface area contributed by atoms with Gasteiger partial charge in [0.05, 0.1) is 24.4 Å². The van der Waals surface area contributed by atoms with Crippen molar-refractivity contribution in [3.63, 3.8) is 0 Å². The van der Waals surface area contributed by atoms with Crippen molar-refractivity contribution in [2.45, 2.75) is 173 Å². The highest BCUT2D eigenvalue weighted by Gasteiger charge is 2.42. The van der Waals surface area contributed by atoms with Crippen LogP contribution in [0, 0.1) is 17.3 Å². The summed E-state index contributed by atoms with van der Waals surface area (Å²) in [4.78, 5) is 24.7. The van der Waals surface area contributed by atoms with Gasteiger partial charge in [-0.25, -0.2) is 4.79 Å². The summed E-state index contributed by atoms with van der Waals surface area (Å²) in [5.74, 6) is -0.0232. The summed E-state index contributed by atoms with van der Waals surface area (Å²) in [6, 6.07) is 7.03. The minimum absolute atomic E-state index is 0.00466. The Morgan fingerprint density at radius 1 is 0.887 bits per heavy atom. The third-order valence-corrected chi connectivity index (χ3v) is 12.1. The molecule has 5 atom stereocenters. The quantitative estimate of drug-likeness (QED) is 0.0363. The van der Waals surface area contributed by atoms with E-state index in [0.29, 0.717) is 37.2 Å². The number of carbonyl (C=O) groups excluding carboxylic acids is 2. The number of alkyl halides is 1. The zero-order chi connectivity index (χ0) is 38.2. The van der Waals surface area contributed by atoms with E-state index >= 15 is 0 Å². The van der Waals surface area contributed by atoms with Gasteiger partial charge in [-0.05, 0) is 87.3 Å². The Kier molecular flexibility index (Phi) is 22.5. The van der Waals surface area contributed by atoms with Gasteiger partial charge in [-0.1, -0.05) is 121 Å². The summed E-state index contributed by atoms with van der Waals surface area (Å²) in [5.41, 5.74) is 0.488. The Morgan fingerprint density at radius 3 is 2.23 bits per heavy atom. The lowest BCUT2D eigenvalue weighted by molar-refractivity contribution is -0.144. The first kappa shape index (κ1) is 45.0. The van der Waals surface area contributed by atoms with Crippen molar-refractivity contribution in [1.29, 1.82) is 0 Å². The first-order chi connectivity index (χ1) is 25.8. The number of benzene rings is 1. The topological polar surface area (TPSA) is 102 Å². The van der Waals surface area contributed by atoms with Gasteiger partial charge < -0.3 is 24.4 Å². The number of allylic oxidation sites excluding steroid dienone is 2. The molecule has 300 valence electrons. The zero-order valence-electron chi connectivity index (χ0n) is 33.0. The van der Waals surface area contributed by atoms with E-state index in [1.54, 1.807) is 18.2 Å². The van der Waals surface area contributed by atoms with Crippen LogP contribution in [0.25, 0.3) is 0 Å². The van der Waals surface area contributed by atoms with Gasteiger partial charge in [-0.2, -0.15) is 0 Å². The Hall–Kier alpha value is -2.35. The molecule has 2 fully saturated rings. The molecule has 8 heteroatoms. The third-order valence-electron chi connectivity index (χ3n) is 11.6. The summed E-state index contributed by atoms with van der Waals surface area (Å²) in [6.45, 7) is 5.06. The highest BCUT2D eigenvalue weighted by atomic mass is 35.5. The van der Waals surface area contributed by atoms with Crippen LogP contribution < -0.4 is 4.74 Å². The Balaban J connectivity index is 1.20. The molecular weight excluding hydrogens is 688 g/mol. The number of carbonyl (C=O) groups is 2. The molecule has 0 radical (unpaired) electrons. The number of halogens is 1. The summed E-state index contributed by atoms with van der Waals surface area (Å²) in [5, 5.41) is 21.3. The van der Waals surface area contributed by atoms with E-state index in [-0.39, 0.29) is 54.3 Å². The minimum atomic E-state index is -0.472. The van der Waals surface area contributed by atoms with Gasteiger partial charge in [0.25, 0.3) is 0 Å². The van der Waals surface area contributed by atoms with Crippen molar-refractivity contribution >= 4 is 23.5 Å². The molecule has 1 aromatic carbocycles. The fourth-order valence-electron chi connectivity index (χ4n) is 7.86. The van der Waals surface area contributed by atoms with Gasteiger partial charge >= 0.3 is 11.9 Å². The van der Waals surface area contributed by atoms with Crippen LogP contribution in [0.3, 0.4) is 0 Å². The maximum absolute atomic E-state index is 12.5. The molecule has 2 saturated carbocycles. The van der Waals surface area contributed by atoms with Crippen molar-refractivity contribution in [2.24, 2.45) is 17.3 Å². The monoisotopic (exact) mass is 758 g/mol. The molecule has 0 aliphatic heterocycles. The van der Waals surface area contributed by atoms with Crippen LogP contribution in [0.2, 0.25) is 0 Å². The van der Waals surface area contributed by atoms with Crippen molar-refractivity contribution in [2.75, 3.05) is 19.8 Å². The largest absolute Gasteiger partial charge is 0.494 e. The summed E-state index contributed by atoms with van der Waals surface area (Å²) >= 11 is 6.62. The summed E-state index contributed by atoms with van der Waals surface area (Å²) in [7, 11) is 0. The Labute approximate surface area is 326 Å². The molecule has 53 heavy (non-hydrogen) atoms. The molecule has 0 saturated heterocycles. The number of esters is 2. The van der Waals surface area contributed by atoms with Crippen molar-refractivity contribution in [3.8, 4) is 5.75 Å². The highest BCUT2D eigenvalue weighted by Crippen LogP contribution is 2.48. The van der Waals surface area contributed by atoms with Crippen LogP contribution in [-0.2, 0) is 14.3 Å². The molecule has 0 aromatic heterocycles. The number of hydrogen-bond donors (Lipinski definition) is 2. The van der Waals surface area contributed by atoms with E-state index in [2.05, 4.69) is 32.1 Å². The second-order valence-corrected chi connectivity index (χ2v) is 16.1. The first-order valence-electron chi connectivity index (χ1n) is 21.2. The number of rotatable bonds is 29.